The number of hydrogen-bond acceptors (Lipinski definition) is 1. The molecule has 102 valence electrons. The number of benzene rings is 2. The van der Waals surface area contributed by atoms with Crippen molar-refractivity contribution in [2.24, 2.45) is 0 Å². The van der Waals surface area contributed by atoms with E-state index in [1.165, 1.54) is 0 Å². The predicted molar refractivity (Wildman–Crippen MR) is 87.3 cm³/mol. The van der Waals surface area contributed by atoms with Crippen LogP contribution in [0.15, 0.2) is 48.5 Å². The molecule has 0 bridgehead atoms. The average Bonchev–Trinajstić information content (AvgIpc) is 2.81. The van der Waals surface area contributed by atoms with Crippen LogP contribution >= 0.6 is 35.4 Å². The second-order valence-electron chi connectivity index (χ2n) is 4.62. The summed E-state index contributed by atoms with van der Waals surface area (Å²) in [7, 11) is 0. The summed E-state index contributed by atoms with van der Waals surface area (Å²) in [5.74, 6) is 0. The molecule has 1 fully saturated rings. The van der Waals surface area contributed by atoms with Crippen LogP contribution in [0.25, 0.3) is 0 Å². The van der Waals surface area contributed by atoms with Gasteiger partial charge in [-0.3, -0.25) is 0 Å². The molecule has 2 atom stereocenters. The zero-order valence-corrected chi connectivity index (χ0v) is 12.8. The van der Waals surface area contributed by atoms with Crippen LogP contribution in [-0.2, 0) is 0 Å². The highest BCUT2D eigenvalue weighted by atomic mass is 35.5. The maximum Gasteiger partial charge on any atom is 0.167 e. The molecule has 3 rings (SSSR count). The fraction of sp³-hybridized carbons (Fsp3) is 0.133. The highest BCUT2D eigenvalue weighted by molar-refractivity contribution is 7.80. The van der Waals surface area contributed by atoms with Crippen LogP contribution in [0.1, 0.15) is 23.2 Å². The van der Waals surface area contributed by atoms with E-state index in [0.717, 1.165) is 11.1 Å². The van der Waals surface area contributed by atoms with Gasteiger partial charge < -0.3 is 10.6 Å². The summed E-state index contributed by atoms with van der Waals surface area (Å²) in [6.07, 6.45) is 0. The Morgan fingerprint density at radius 2 is 1.15 bits per heavy atom. The molecule has 1 aliphatic rings. The van der Waals surface area contributed by atoms with Crippen LogP contribution in [0.2, 0.25) is 10.0 Å². The van der Waals surface area contributed by atoms with E-state index in [-0.39, 0.29) is 12.1 Å². The van der Waals surface area contributed by atoms with Gasteiger partial charge in [0.25, 0.3) is 0 Å². The average molecular weight is 323 g/mol. The molecule has 2 aromatic rings. The van der Waals surface area contributed by atoms with Crippen LogP contribution in [-0.4, -0.2) is 5.11 Å². The van der Waals surface area contributed by atoms with Crippen molar-refractivity contribution in [3.05, 3.63) is 69.7 Å². The Morgan fingerprint density at radius 1 is 0.750 bits per heavy atom. The molecular weight excluding hydrogens is 311 g/mol. The lowest BCUT2D eigenvalue weighted by Gasteiger charge is -2.21. The highest BCUT2D eigenvalue weighted by Crippen LogP contribution is 2.38. The van der Waals surface area contributed by atoms with Gasteiger partial charge in [0.1, 0.15) is 0 Å². The maximum absolute atomic E-state index is 6.30. The lowest BCUT2D eigenvalue weighted by Crippen LogP contribution is -2.21. The van der Waals surface area contributed by atoms with Crippen molar-refractivity contribution in [1.82, 2.24) is 10.6 Å². The predicted octanol–water partition coefficient (Wildman–Crippen LogP) is 4.25. The Bertz CT molecular complexity index is 604. The molecule has 20 heavy (non-hydrogen) atoms. The summed E-state index contributed by atoms with van der Waals surface area (Å²) in [6, 6.07) is 15.5. The first-order valence-corrected chi connectivity index (χ1v) is 7.39. The van der Waals surface area contributed by atoms with Gasteiger partial charge in [-0.25, -0.2) is 0 Å². The summed E-state index contributed by atoms with van der Waals surface area (Å²) in [4.78, 5) is 0. The summed E-state index contributed by atoms with van der Waals surface area (Å²) in [5, 5.41) is 8.57. The van der Waals surface area contributed by atoms with E-state index in [0.29, 0.717) is 15.2 Å². The molecule has 1 heterocycles. The van der Waals surface area contributed by atoms with Gasteiger partial charge in [0.2, 0.25) is 0 Å². The zero-order valence-electron chi connectivity index (χ0n) is 10.4. The summed E-state index contributed by atoms with van der Waals surface area (Å²) < 4.78 is 0. The first-order chi connectivity index (χ1) is 9.66. The zero-order chi connectivity index (χ0) is 14.1. The second kappa shape index (κ2) is 5.60. The fourth-order valence-corrected chi connectivity index (χ4v) is 3.22. The van der Waals surface area contributed by atoms with Crippen molar-refractivity contribution >= 4 is 40.5 Å². The largest absolute Gasteiger partial charge is 0.353 e. The van der Waals surface area contributed by atoms with E-state index >= 15 is 0 Å². The van der Waals surface area contributed by atoms with Gasteiger partial charge in [0.15, 0.2) is 5.11 Å². The standard InChI is InChI=1S/C15H12Cl2N2S/c16-11-7-3-1-5-9(11)13-14(19-15(20)18-13)10-6-2-4-8-12(10)17/h1-8,13-14H,(H2,18,19,20). The van der Waals surface area contributed by atoms with E-state index in [2.05, 4.69) is 10.6 Å². The van der Waals surface area contributed by atoms with Crippen molar-refractivity contribution in [3.8, 4) is 0 Å². The molecule has 0 aliphatic carbocycles. The number of nitrogens with one attached hydrogen (secondary N) is 2. The molecule has 2 N–H and O–H groups in total. The summed E-state index contributed by atoms with van der Waals surface area (Å²) in [6.45, 7) is 0. The molecule has 5 heteroatoms. The van der Waals surface area contributed by atoms with Crippen molar-refractivity contribution < 1.29 is 0 Å². The number of halogens is 2. The minimum absolute atomic E-state index is 0.0314. The van der Waals surface area contributed by atoms with E-state index in [9.17, 15) is 0 Å². The first kappa shape index (κ1) is 13.7. The van der Waals surface area contributed by atoms with Crippen LogP contribution in [0.4, 0.5) is 0 Å². The Hall–Kier alpha value is -1.29. The van der Waals surface area contributed by atoms with Crippen LogP contribution in [0.3, 0.4) is 0 Å². The summed E-state index contributed by atoms with van der Waals surface area (Å²) >= 11 is 17.9. The topological polar surface area (TPSA) is 24.1 Å². The number of thiocarbonyl (C=S) groups is 1. The Kier molecular flexibility index (Phi) is 3.83. The second-order valence-corrected chi connectivity index (χ2v) is 5.84. The van der Waals surface area contributed by atoms with Crippen molar-refractivity contribution in [1.29, 1.82) is 0 Å². The normalized spacial score (nSPS) is 21.4. The molecule has 2 unspecified atom stereocenters. The highest BCUT2D eigenvalue weighted by Gasteiger charge is 2.34. The molecular formula is C15H12Cl2N2S. The number of hydrogen-bond donors (Lipinski definition) is 2. The van der Waals surface area contributed by atoms with Crippen molar-refractivity contribution in [2.75, 3.05) is 0 Å². The molecule has 0 amide bonds. The first-order valence-electron chi connectivity index (χ1n) is 6.22. The van der Waals surface area contributed by atoms with E-state index in [1.807, 2.05) is 48.5 Å². The van der Waals surface area contributed by atoms with Gasteiger partial charge in [-0.1, -0.05) is 59.6 Å². The van der Waals surface area contributed by atoms with Crippen molar-refractivity contribution in [3.63, 3.8) is 0 Å². The minimum Gasteiger partial charge on any atom is -0.353 e. The van der Waals surface area contributed by atoms with Gasteiger partial charge in [-0.2, -0.15) is 0 Å². The SMILES string of the molecule is S=C1NC(c2ccccc2Cl)C(c2ccccc2Cl)N1. The third-order valence-corrected chi connectivity index (χ3v) is 4.31. The third kappa shape index (κ3) is 2.49. The molecule has 1 saturated heterocycles. The molecule has 1 aliphatic heterocycles. The Labute approximate surface area is 133 Å². The fourth-order valence-electron chi connectivity index (χ4n) is 2.46. The lowest BCUT2D eigenvalue weighted by atomic mass is 9.95. The van der Waals surface area contributed by atoms with Gasteiger partial charge in [0.05, 0.1) is 12.1 Å². The van der Waals surface area contributed by atoms with E-state index < -0.39 is 0 Å². The smallest absolute Gasteiger partial charge is 0.167 e. The van der Waals surface area contributed by atoms with Gasteiger partial charge in [-0.05, 0) is 35.5 Å². The van der Waals surface area contributed by atoms with E-state index in [1.54, 1.807) is 0 Å². The lowest BCUT2D eigenvalue weighted by molar-refractivity contribution is 0.554. The van der Waals surface area contributed by atoms with Crippen LogP contribution < -0.4 is 10.6 Å². The maximum atomic E-state index is 6.30. The monoisotopic (exact) mass is 322 g/mol. The summed E-state index contributed by atoms with van der Waals surface area (Å²) in [5.41, 5.74) is 2.01. The van der Waals surface area contributed by atoms with Crippen LogP contribution in [0.5, 0.6) is 0 Å². The minimum atomic E-state index is -0.0314. The van der Waals surface area contributed by atoms with Gasteiger partial charge in [0, 0.05) is 10.0 Å². The van der Waals surface area contributed by atoms with Crippen LogP contribution in [0, 0.1) is 0 Å². The quantitative estimate of drug-likeness (QED) is 0.808. The molecule has 0 radical (unpaired) electrons. The van der Waals surface area contributed by atoms with Gasteiger partial charge >= 0.3 is 0 Å². The Morgan fingerprint density at radius 3 is 1.55 bits per heavy atom. The molecule has 0 spiro atoms. The molecule has 2 aromatic carbocycles. The molecule has 0 saturated carbocycles. The molecule has 0 aromatic heterocycles. The van der Waals surface area contributed by atoms with Crippen molar-refractivity contribution in [2.45, 2.75) is 12.1 Å². The third-order valence-electron chi connectivity index (χ3n) is 3.39. The molecule has 2 nitrogen and oxygen atoms in total. The number of rotatable bonds is 2. The van der Waals surface area contributed by atoms with Gasteiger partial charge in [-0.15, -0.1) is 0 Å². The Balaban J connectivity index is 2.04. The van der Waals surface area contributed by atoms with E-state index in [4.69, 9.17) is 35.4 Å².